The quantitative estimate of drug-likeness (QED) is 0.430. The number of rotatable bonds is 9. The number of nitrogens with zero attached hydrogens (tertiary/aromatic N) is 3. The van der Waals surface area contributed by atoms with Crippen molar-refractivity contribution in [3.63, 3.8) is 0 Å². The molecule has 0 radical (unpaired) electrons. The van der Waals surface area contributed by atoms with Crippen LogP contribution in [0.3, 0.4) is 0 Å². The van der Waals surface area contributed by atoms with Gasteiger partial charge >= 0.3 is 0 Å². The highest BCUT2D eigenvalue weighted by molar-refractivity contribution is 7.99. The van der Waals surface area contributed by atoms with Gasteiger partial charge < -0.3 is 14.6 Å². The van der Waals surface area contributed by atoms with Crippen molar-refractivity contribution in [3.05, 3.63) is 65.7 Å². The second-order valence-corrected chi connectivity index (χ2v) is 7.45. The molecule has 2 aromatic carbocycles. The first-order chi connectivity index (χ1) is 14.1. The van der Waals surface area contributed by atoms with Gasteiger partial charge in [0.05, 0.1) is 6.61 Å². The lowest BCUT2D eigenvalue weighted by Gasteiger charge is -2.07. The third-order valence-corrected chi connectivity index (χ3v) is 5.37. The summed E-state index contributed by atoms with van der Waals surface area (Å²) in [7, 11) is 3.58. The third-order valence-electron chi connectivity index (χ3n) is 4.38. The SMILES string of the molecule is COCCSc1nnc(CCNC(=O)c2ccc(-c3cccc(F)c3)cc2)n1C. The Morgan fingerprint density at radius 3 is 2.69 bits per heavy atom. The molecule has 0 fully saturated rings. The van der Waals surface area contributed by atoms with E-state index in [1.165, 1.54) is 12.1 Å². The minimum Gasteiger partial charge on any atom is -0.384 e. The molecule has 6 nitrogen and oxygen atoms in total. The van der Waals surface area contributed by atoms with Gasteiger partial charge in [-0.05, 0) is 35.4 Å². The summed E-state index contributed by atoms with van der Waals surface area (Å²) in [6.07, 6.45) is 0.585. The zero-order valence-electron chi connectivity index (χ0n) is 16.4. The standard InChI is InChI=1S/C21H23FN4O2S/c1-26-19(24-25-21(26)29-13-12-28-2)10-11-23-20(27)16-8-6-15(7-9-16)17-4-3-5-18(22)14-17/h3-9,14H,10-13H2,1-2H3,(H,23,27). The van der Waals surface area contributed by atoms with Gasteiger partial charge in [0.25, 0.3) is 5.91 Å². The molecule has 152 valence electrons. The molecule has 0 unspecified atom stereocenters. The molecule has 0 bridgehead atoms. The van der Waals surface area contributed by atoms with Gasteiger partial charge in [-0.25, -0.2) is 4.39 Å². The zero-order valence-corrected chi connectivity index (χ0v) is 17.2. The van der Waals surface area contributed by atoms with Gasteiger partial charge in [-0.1, -0.05) is 36.0 Å². The summed E-state index contributed by atoms with van der Waals surface area (Å²) in [5.41, 5.74) is 2.19. The Balaban J connectivity index is 1.52. The van der Waals surface area contributed by atoms with Crippen LogP contribution in [0.2, 0.25) is 0 Å². The predicted molar refractivity (Wildman–Crippen MR) is 111 cm³/mol. The normalized spacial score (nSPS) is 10.9. The first kappa shape index (κ1) is 21.0. The van der Waals surface area contributed by atoms with Crippen LogP contribution in [0.1, 0.15) is 16.2 Å². The van der Waals surface area contributed by atoms with Crippen molar-refractivity contribution in [2.24, 2.45) is 7.05 Å². The van der Waals surface area contributed by atoms with E-state index in [0.717, 1.165) is 27.9 Å². The van der Waals surface area contributed by atoms with E-state index in [-0.39, 0.29) is 11.7 Å². The molecule has 0 aliphatic carbocycles. The number of methoxy groups -OCH3 is 1. The summed E-state index contributed by atoms with van der Waals surface area (Å²) in [6, 6.07) is 13.5. The molecule has 8 heteroatoms. The number of aromatic nitrogens is 3. The molecule has 0 aliphatic rings. The van der Waals surface area contributed by atoms with Crippen LogP contribution in [0.4, 0.5) is 4.39 Å². The van der Waals surface area contributed by atoms with Gasteiger partial charge in [0.2, 0.25) is 0 Å². The second-order valence-electron chi connectivity index (χ2n) is 6.39. The summed E-state index contributed by atoms with van der Waals surface area (Å²) in [6.45, 7) is 1.11. The van der Waals surface area contributed by atoms with E-state index in [9.17, 15) is 9.18 Å². The predicted octanol–water partition coefficient (Wildman–Crippen LogP) is 3.33. The van der Waals surface area contributed by atoms with Crippen molar-refractivity contribution in [1.29, 1.82) is 0 Å². The average Bonchev–Trinajstić information content (AvgIpc) is 3.08. The number of thioether (sulfide) groups is 1. The molecular formula is C21H23FN4O2S. The minimum atomic E-state index is -0.284. The number of amides is 1. The zero-order chi connectivity index (χ0) is 20.6. The van der Waals surface area contributed by atoms with Gasteiger partial charge in [0.15, 0.2) is 5.16 Å². The highest BCUT2D eigenvalue weighted by Crippen LogP contribution is 2.20. The van der Waals surface area contributed by atoms with Gasteiger partial charge in [0.1, 0.15) is 11.6 Å². The van der Waals surface area contributed by atoms with Gasteiger partial charge in [-0.3, -0.25) is 4.79 Å². The topological polar surface area (TPSA) is 69.0 Å². The molecule has 1 heterocycles. The number of ether oxygens (including phenoxy) is 1. The molecule has 1 N–H and O–H groups in total. The molecule has 0 saturated carbocycles. The van der Waals surface area contributed by atoms with Crippen LogP contribution >= 0.6 is 11.8 Å². The largest absolute Gasteiger partial charge is 0.384 e. The number of carbonyl (C=O) groups is 1. The number of benzene rings is 2. The van der Waals surface area contributed by atoms with Crippen LogP contribution in [-0.4, -0.2) is 46.7 Å². The van der Waals surface area contributed by atoms with Crippen molar-refractivity contribution < 1.29 is 13.9 Å². The Morgan fingerprint density at radius 2 is 1.97 bits per heavy atom. The van der Waals surface area contributed by atoms with Crippen LogP contribution in [0.5, 0.6) is 0 Å². The first-order valence-corrected chi connectivity index (χ1v) is 10.2. The first-order valence-electron chi connectivity index (χ1n) is 9.22. The summed E-state index contributed by atoms with van der Waals surface area (Å²) in [5, 5.41) is 12.1. The Bertz CT molecular complexity index is 960. The second kappa shape index (κ2) is 10.2. The summed E-state index contributed by atoms with van der Waals surface area (Å²) < 4.78 is 20.3. The molecule has 0 atom stereocenters. The maximum absolute atomic E-state index is 13.4. The smallest absolute Gasteiger partial charge is 0.251 e. The van der Waals surface area contributed by atoms with Crippen LogP contribution in [0.15, 0.2) is 53.7 Å². The van der Waals surface area contributed by atoms with Gasteiger partial charge in [-0.2, -0.15) is 0 Å². The molecule has 3 rings (SSSR count). The van der Waals surface area contributed by atoms with Gasteiger partial charge in [-0.15, -0.1) is 10.2 Å². The van der Waals surface area contributed by atoms with Crippen molar-refractivity contribution in [2.45, 2.75) is 11.6 Å². The molecule has 1 aromatic heterocycles. The van der Waals surface area contributed by atoms with Crippen LogP contribution in [-0.2, 0) is 18.2 Å². The Morgan fingerprint density at radius 1 is 1.17 bits per heavy atom. The maximum atomic E-state index is 13.4. The molecular weight excluding hydrogens is 391 g/mol. The molecule has 0 saturated heterocycles. The number of carbonyl (C=O) groups excluding carboxylic acids is 1. The number of hydrogen-bond acceptors (Lipinski definition) is 5. The summed E-state index contributed by atoms with van der Waals surface area (Å²) in [5.74, 6) is 1.18. The van der Waals surface area contributed by atoms with Crippen molar-refractivity contribution in [1.82, 2.24) is 20.1 Å². The maximum Gasteiger partial charge on any atom is 0.251 e. The lowest BCUT2D eigenvalue weighted by molar-refractivity contribution is 0.0954. The van der Waals surface area contributed by atoms with Crippen molar-refractivity contribution >= 4 is 17.7 Å². The Labute approximate surface area is 173 Å². The van der Waals surface area contributed by atoms with E-state index in [1.54, 1.807) is 37.1 Å². The van der Waals surface area contributed by atoms with Crippen LogP contribution in [0, 0.1) is 5.82 Å². The molecule has 3 aromatic rings. The Hall–Kier alpha value is -2.71. The van der Waals surface area contributed by atoms with Crippen LogP contribution < -0.4 is 5.32 Å². The molecule has 0 aliphatic heterocycles. The summed E-state index contributed by atoms with van der Waals surface area (Å²) >= 11 is 1.58. The average molecular weight is 415 g/mol. The number of hydrogen-bond donors (Lipinski definition) is 1. The van der Waals surface area contributed by atoms with E-state index in [2.05, 4.69) is 15.5 Å². The monoisotopic (exact) mass is 414 g/mol. The lowest BCUT2D eigenvalue weighted by Crippen LogP contribution is -2.26. The molecule has 1 amide bonds. The van der Waals surface area contributed by atoms with E-state index in [1.807, 2.05) is 29.8 Å². The van der Waals surface area contributed by atoms with Crippen molar-refractivity contribution in [3.8, 4) is 11.1 Å². The van der Waals surface area contributed by atoms with E-state index < -0.39 is 0 Å². The van der Waals surface area contributed by atoms with Crippen molar-refractivity contribution in [2.75, 3.05) is 26.0 Å². The van der Waals surface area contributed by atoms with E-state index in [4.69, 9.17) is 4.74 Å². The minimum absolute atomic E-state index is 0.160. The number of nitrogens with one attached hydrogen (secondary N) is 1. The van der Waals surface area contributed by atoms with E-state index in [0.29, 0.717) is 25.1 Å². The lowest BCUT2D eigenvalue weighted by atomic mass is 10.0. The van der Waals surface area contributed by atoms with Gasteiger partial charge in [0, 0.05) is 38.4 Å². The summed E-state index contributed by atoms with van der Waals surface area (Å²) in [4.78, 5) is 12.4. The fourth-order valence-electron chi connectivity index (χ4n) is 2.78. The Kier molecular flexibility index (Phi) is 7.37. The number of halogens is 1. The van der Waals surface area contributed by atoms with E-state index >= 15 is 0 Å². The highest BCUT2D eigenvalue weighted by Gasteiger charge is 2.10. The highest BCUT2D eigenvalue weighted by atomic mass is 32.2. The molecule has 29 heavy (non-hydrogen) atoms. The fraction of sp³-hybridized carbons (Fsp3) is 0.286. The molecule has 0 spiro atoms. The fourth-order valence-corrected chi connectivity index (χ4v) is 3.61. The van der Waals surface area contributed by atoms with Crippen LogP contribution in [0.25, 0.3) is 11.1 Å². The third kappa shape index (κ3) is 5.65.